The lowest BCUT2D eigenvalue weighted by Crippen LogP contribution is -2.30. The summed E-state index contributed by atoms with van der Waals surface area (Å²) in [5, 5.41) is 2.61. The summed E-state index contributed by atoms with van der Waals surface area (Å²) in [4.78, 5) is 41.1. The molecule has 0 saturated carbocycles. The third-order valence-electron chi connectivity index (χ3n) is 6.19. The number of anilines is 2. The van der Waals surface area contributed by atoms with Crippen molar-refractivity contribution in [2.45, 2.75) is 24.8 Å². The molecule has 0 aliphatic carbocycles. The van der Waals surface area contributed by atoms with E-state index in [4.69, 9.17) is 9.47 Å². The van der Waals surface area contributed by atoms with E-state index in [0.717, 1.165) is 11.3 Å². The lowest BCUT2D eigenvalue weighted by molar-refractivity contribution is -0.123. The minimum Gasteiger partial charge on any atom is -0.497 e. The summed E-state index contributed by atoms with van der Waals surface area (Å²) >= 11 is 0. The van der Waals surface area contributed by atoms with Gasteiger partial charge in [-0.1, -0.05) is 0 Å². The Morgan fingerprint density at radius 2 is 1.69 bits per heavy atom. The monoisotopic (exact) mass is 586 g/mol. The fraction of sp³-hybridized carbons (Fsp3) is 0.138. The van der Waals surface area contributed by atoms with Gasteiger partial charge in [0.1, 0.15) is 11.6 Å². The van der Waals surface area contributed by atoms with Crippen LogP contribution < -0.4 is 14.8 Å². The molecule has 5 rings (SSSR count). The Labute approximate surface area is 241 Å². The number of methoxy groups -OCH3 is 1. The van der Waals surface area contributed by atoms with E-state index < -0.39 is 28.0 Å². The van der Waals surface area contributed by atoms with Crippen molar-refractivity contribution >= 4 is 44.6 Å². The zero-order chi connectivity index (χ0) is 29.9. The van der Waals surface area contributed by atoms with Crippen LogP contribution in [0.5, 0.6) is 5.75 Å². The van der Waals surface area contributed by atoms with Gasteiger partial charge in [0.25, 0.3) is 15.9 Å². The van der Waals surface area contributed by atoms with Crippen LogP contribution in [-0.4, -0.2) is 53.4 Å². The first kappa shape index (κ1) is 28.2. The third-order valence-corrected chi connectivity index (χ3v) is 7.53. The Balaban J connectivity index is 1.20. The number of carbonyl (C=O) groups is 2. The van der Waals surface area contributed by atoms with Crippen LogP contribution in [0.15, 0.2) is 83.9 Å². The molecule has 0 bridgehead atoms. The van der Waals surface area contributed by atoms with E-state index in [0.29, 0.717) is 28.2 Å². The first-order chi connectivity index (χ1) is 20.1. The number of ether oxygens (including phenoxy) is 2. The molecule has 2 heterocycles. The van der Waals surface area contributed by atoms with E-state index in [2.05, 4.69) is 30.0 Å². The van der Waals surface area contributed by atoms with Crippen LogP contribution in [0, 0.1) is 6.92 Å². The molecule has 1 unspecified atom stereocenters. The van der Waals surface area contributed by atoms with E-state index >= 15 is 0 Å². The number of H-pyrrole nitrogens is 1. The van der Waals surface area contributed by atoms with Gasteiger partial charge in [0.2, 0.25) is 5.95 Å². The van der Waals surface area contributed by atoms with Crippen molar-refractivity contribution in [1.29, 1.82) is 0 Å². The van der Waals surface area contributed by atoms with Gasteiger partial charge in [-0.25, -0.2) is 32.9 Å². The van der Waals surface area contributed by atoms with Crippen molar-refractivity contribution in [2.75, 3.05) is 17.1 Å². The van der Waals surface area contributed by atoms with Gasteiger partial charge in [0.15, 0.2) is 6.10 Å². The Kier molecular flexibility index (Phi) is 7.84. The van der Waals surface area contributed by atoms with Crippen molar-refractivity contribution < 1.29 is 27.5 Å². The maximum Gasteiger partial charge on any atom is 0.338 e. The Morgan fingerprint density at radius 1 is 0.952 bits per heavy atom. The molecule has 0 spiro atoms. The number of hydrogen-bond donors (Lipinski definition) is 3. The molecule has 2 aromatic heterocycles. The number of aromatic amines is 1. The predicted octanol–water partition coefficient (Wildman–Crippen LogP) is 4.32. The highest BCUT2D eigenvalue weighted by Gasteiger charge is 2.21. The number of rotatable bonds is 9. The molecule has 1 amide bonds. The number of fused-ring (bicyclic) bond motifs is 1. The first-order valence-corrected chi connectivity index (χ1v) is 14.2. The number of amides is 1. The zero-order valence-corrected chi connectivity index (χ0v) is 23.6. The van der Waals surface area contributed by atoms with E-state index in [1.165, 1.54) is 37.4 Å². The van der Waals surface area contributed by atoms with E-state index in [1.54, 1.807) is 38.3 Å². The SMILES string of the molecule is COc1ccc(-c2nc3ccc(C(=O)OC(C)C(=O)Nc4ccc(S(=O)(=O)Nc5nccc(C)n5)cc4)cc3[nH]2)cc1. The minimum absolute atomic E-state index is 0.0468. The van der Waals surface area contributed by atoms with Crippen LogP contribution in [0.25, 0.3) is 22.4 Å². The number of sulfonamides is 1. The number of nitrogens with one attached hydrogen (secondary N) is 3. The van der Waals surface area contributed by atoms with E-state index in [-0.39, 0.29) is 16.4 Å². The molecule has 0 fully saturated rings. The molecular weight excluding hydrogens is 560 g/mol. The Hall–Kier alpha value is -5.30. The smallest absolute Gasteiger partial charge is 0.338 e. The Bertz CT molecular complexity index is 1870. The molecule has 3 N–H and O–H groups in total. The summed E-state index contributed by atoms with van der Waals surface area (Å²) in [5.74, 6) is 0.0295. The topological polar surface area (TPSA) is 165 Å². The molecule has 1 atom stereocenters. The maximum absolute atomic E-state index is 12.8. The largest absolute Gasteiger partial charge is 0.497 e. The van der Waals surface area contributed by atoms with Crippen LogP contribution in [0.4, 0.5) is 11.6 Å². The number of benzene rings is 3. The fourth-order valence-electron chi connectivity index (χ4n) is 3.94. The zero-order valence-electron chi connectivity index (χ0n) is 22.8. The molecule has 0 aliphatic heterocycles. The van der Waals surface area contributed by atoms with Crippen LogP contribution in [0.2, 0.25) is 0 Å². The van der Waals surface area contributed by atoms with Crippen LogP contribution in [-0.2, 0) is 19.6 Å². The molecule has 5 aromatic rings. The molecule has 42 heavy (non-hydrogen) atoms. The van der Waals surface area contributed by atoms with E-state index in [9.17, 15) is 18.0 Å². The maximum atomic E-state index is 12.8. The molecule has 3 aromatic carbocycles. The average molecular weight is 587 g/mol. The molecule has 214 valence electrons. The lowest BCUT2D eigenvalue weighted by Gasteiger charge is -2.14. The second-order valence-electron chi connectivity index (χ2n) is 9.23. The summed E-state index contributed by atoms with van der Waals surface area (Å²) in [5.41, 5.74) is 3.31. The second kappa shape index (κ2) is 11.7. The van der Waals surface area contributed by atoms with Crippen molar-refractivity contribution in [3.8, 4) is 17.1 Å². The predicted molar refractivity (Wildman–Crippen MR) is 156 cm³/mol. The number of aryl methyl sites for hydroxylation is 1. The van der Waals surface area contributed by atoms with E-state index in [1.807, 2.05) is 24.3 Å². The normalized spacial score (nSPS) is 12.0. The summed E-state index contributed by atoms with van der Waals surface area (Å²) in [7, 11) is -2.35. The van der Waals surface area contributed by atoms with Crippen LogP contribution in [0.3, 0.4) is 0 Å². The highest BCUT2D eigenvalue weighted by Crippen LogP contribution is 2.24. The summed E-state index contributed by atoms with van der Waals surface area (Å²) in [6.45, 7) is 3.15. The number of hydrogen-bond acceptors (Lipinski definition) is 9. The number of carbonyl (C=O) groups excluding carboxylic acids is 2. The molecule has 0 saturated heterocycles. The van der Waals surface area contributed by atoms with Crippen LogP contribution in [0.1, 0.15) is 23.0 Å². The van der Waals surface area contributed by atoms with Crippen molar-refractivity contribution in [2.24, 2.45) is 0 Å². The van der Waals surface area contributed by atoms with Crippen molar-refractivity contribution in [1.82, 2.24) is 19.9 Å². The van der Waals surface area contributed by atoms with Gasteiger partial charge < -0.3 is 19.8 Å². The van der Waals surface area contributed by atoms with Gasteiger partial charge in [-0.15, -0.1) is 0 Å². The number of imidazole rings is 1. The quantitative estimate of drug-likeness (QED) is 0.213. The summed E-state index contributed by atoms with van der Waals surface area (Å²) in [6.07, 6.45) is 0.316. The molecule has 12 nitrogen and oxygen atoms in total. The second-order valence-corrected chi connectivity index (χ2v) is 10.9. The van der Waals surface area contributed by atoms with Crippen LogP contribution >= 0.6 is 0 Å². The van der Waals surface area contributed by atoms with Gasteiger partial charge in [-0.05, 0) is 86.6 Å². The minimum atomic E-state index is -3.94. The standard InChI is InChI=1S/C29H26N6O6S/c1-17-14-15-30-29(31-17)35-42(38,39)23-11-7-21(8-12-23)32-27(36)18(2)41-28(37)20-6-13-24-25(16-20)34-26(33-24)19-4-9-22(40-3)10-5-19/h4-16,18H,1-3H3,(H,32,36)(H,33,34)(H,30,31,35). The van der Waals surface area contributed by atoms with Crippen molar-refractivity contribution in [3.05, 3.63) is 90.3 Å². The third kappa shape index (κ3) is 6.36. The number of aromatic nitrogens is 4. The van der Waals surface area contributed by atoms with Gasteiger partial charge >= 0.3 is 5.97 Å². The number of nitrogens with zero attached hydrogens (tertiary/aromatic N) is 3. The van der Waals surface area contributed by atoms with Gasteiger partial charge in [0.05, 0.1) is 28.6 Å². The van der Waals surface area contributed by atoms with Crippen molar-refractivity contribution in [3.63, 3.8) is 0 Å². The molecule has 0 radical (unpaired) electrons. The fourth-order valence-corrected chi connectivity index (χ4v) is 4.89. The first-order valence-electron chi connectivity index (χ1n) is 12.7. The molecule has 13 heteroatoms. The molecular formula is C29H26N6O6S. The Morgan fingerprint density at radius 3 is 2.38 bits per heavy atom. The van der Waals surface area contributed by atoms with Gasteiger partial charge in [-0.2, -0.15) is 0 Å². The highest BCUT2D eigenvalue weighted by molar-refractivity contribution is 7.92. The number of esters is 1. The van der Waals surface area contributed by atoms with Gasteiger partial charge in [-0.3, -0.25) is 4.79 Å². The lowest BCUT2D eigenvalue weighted by atomic mass is 10.2. The molecule has 0 aliphatic rings. The van der Waals surface area contributed by atoms with Gasteiger partial charge in [0, 0.05) is 23.1 Å². The highest BCUT2D eigenvalue weighted by atomic mass is 32.2. The average Bonchev–Trinajstić information content (AvgIpc) is 3.41. The summed E-state index contributed by atoms with van der Waals surface area (Å²) in [6, 6.07) is 19.4. The summed E-state index contributed by atoms with van der Waals surface area (Å²) < 4.78 is 38.2.